The number of aryl methyl sites for hydroxylation is 1. The van der Waals surface area contributed by atoms with Crippen molar-refractivity contribution in [3.8, 4) is 0 Å². The van der Waals surface area contributed by atoms with Gasteiger partial charge in [0.05, 0.1) is 0 Å². The first-order valence-corrected chi connectivity index (χ1v) is 4.80. The van der Waals surface area contributed by atoms with Crippen molar-refractivity contribution in [3.05, 3.63) is 40.4 Å². The summed E-state index contributed by atoms with van der Waals surface area (Å²) in [6.45, 7) is 0. The van der Waals surface area contributed by atoms with Crippen LogP contribution in [0.25, 0.3) is 0 Å². The van der Waals surface area contributed by atoms with Crippen LogP contribution in [0, 0.1) is 5.82 Å². The van der Waals surface area contributed by atoms with Crippen LogP contribution < -0.4 is 11.3 Å². The molecule has 1 aromatic carbocycles. The lowest BCUT2D eigenvalue weighted by Crippen LogP contribution is -2.10. The zero-order valence-electron chi connectivity index (χ0n) is 9.01. The van der Waals surface area contributed by atoms with E-state index in [-0.39, 0.29) is 17.2 Å². The van der Waals surface area contributed by atoms with E-state index in [0.717, 1.165) is 0 Å². The van der Waals surface area contributed by atoms with Crippen molar-refractivity contribution >= 4 is 17.2 Å². The third kappa shape index (κ3) is 2.07. The second-order valence-corrected chi connectivity index (χ2v) is 3.39. The number of nitrogen functional groups attached to an aromatic ring is 1. The zero-order chi connectivity index (χ0) is 12.4. The number of aromatic nitrogens is 2. The van der Waals surface area contributed by atoms with Crippen LogP contribution in [0.3, 0.4) is 0 Å². The van der Waals surface area contributed by atoms with Gasteiger partial charge in [0.25, 0.3) is 5.56 Å². The Morgan fingerprint density at radius 3 is 2.65 bits per heavy atom. The highest BCUT2D eigenvalue weighted by atomic mass is 19.1. The smallest absolute Gasteiger partial charge is 0.296 e. The predicted octanol–water partition coefficient (Wildman–Crippen LogP) is 1.85. The molecular weight excluding hydrogens is 225 g/mol. The van der Waals surface area contributed by atoms with Gasteiger partial charge in [0.1, 0.15) is 11.5 Å². The number of benzene rings is 1. The summed E-state index contributed by atoms with van der Waals surface area (Å²) in [5, 5.41) is 9.86. The molecule has 0 saturated heterocycles. The average molecular weight is 235 g/mol. The molecule has 0 spiro atoms. The lowest BCUT2D eigenvalue weighted by atomic mass is 10.3. The Kier molecular flexibility index (Phi) is 2.73. The number of rotatable bonds is 2. The van der Waals surface area contributed by atoms with E-state index < -0.39 is 11.4 Å². The van der Waals surface area contributed by atoms with Crippen molar-refractivity contribution in [2.75, 3.05) is 5.73 Å². The van der Waals surface area contributed by atoms with Crippen LogP contribution in [0.5, 0.6) is 0 Å². The minimum absolute atomic E-state index is 0.0317. The van der Waals surface area contributed by atoms with E-state index >= 15 is 0 Å². The molecule has 0 aliphatic heterocycles. The molecular formula is C10H10FN5O. The number of aromatic amines is 1. The van der Waals surface area contributed by atoms with Crippen molar-refractivity contribution in [1.29, 1.82) is 0 Å². The highest BCUT2D eigenvalue weighted by molar-refractivity contribution is 5.55. The van der Waals surface area contributed by atoms with E-state index in [4.69, 9.17) is 5.73 Å². The van der Waals surface area contributed by atoms with E-state index in [1.165, 1.54) is 29.9 Å². The number of anilines is 1. The lowest BCUT2D eigenvalue weighted by molar-refractivity contribution is 0.628. The first-order valence-electron chi connectivity index (χ1n) is 4.80. The Morgan fingerprint density at radius 1 is 1.35 bits per heavy atom. The summed E-state index contributed by atoms with van der Waals surface area (Å²) in [6.07, 6.45) is 0. The van der Waals surface area contributed by atoms with Crippen LogP contribution in [-0.4, -0.2) is 9.78 Å². The first kappa shape index (κ1) is 11.1. The summed E-state index contributed by atoms with van der Waals surface area (Å²) in [5.41, 5.74) is 5.13. The molecule has 0 amide bonds. The number of azo groups is 1. The molecule has 0 bridgehead atoms. The fourth-order valence-electron chi connectivity index (χ4n) is 1.29. The van der Waals surface area contributed by atoms with E-state index in [9.17, 15) is 9.18 Å². The molecule has 2 rings (SSSR count). The van der Waals surface area contributed by atoms with Crippen molar-refractivity contribution in [1.82, 2.24) is 9.78 Å². The molecule has 0 aliphatic carbocycles. The Bertz CT molecular complexity index is 628. The number of nitrogens with two attached hydrogens (primary N) is 1. The Hall–Kier alpha value is -2.44. The number of hydrogen-bond acceptors (Lipinski definition) is 4. The number of nitrogens with zero attached hydrogens (tertiary/aromatic N) is 3. The summed E-state index contributed by atoms with van der Waals surface area (Å²) in [5.74, 6) is -0.417. The van der Waals surface area contributed by atoms with Crippen molar-refractivity contribution in [2.24, 2.45) is 17.3 Å². The second-order valence-electron chi connectivity index (χ2n) is 3.39. The molecule has 7 heteroatoms. The maximum atomic E-state index is 13.2. The summed E-state index contributed by atoms with van der Waals surface area (Å²) in [7, 11) is 1.50. The normalized spacial score (nSPS) is 11.2. The maximum absolute atomic E-state index is 13.2. The van der Waals surface area contributed by atoms with Crippen molar-refractivity contribution in [3.63, 3.8) is 0 Å². The molecule has 3 N–H and O–H groups in total. The standard InChI is InChI=1S/C10H10FN5O/c1-16-10(17)8(9(12)15-16)14-13-7-5-3-2-4-6(7)11/h2-5,15H,12H2,1H3. The van der Waals surface area contributed by atoms with E-state index in [1.807, 2.05) is 0 Å². The molecule has 88 valence electrons. The summed E-state index contributed by atoms with van der Waals surface area (Å²) in [6, 6.07) is 5.87. The van der Waals surface area contributed by atoms with Gasteiger partial charge >= 0.3 is 0 Å². The van der Waals surface area contributed by atoms with E-state index in [1.54, 1.807) is 6.07 Å². The quantitative estimate of drug-likeness (QED) is 0.778. The van der Waals surface area contributed by atoms with Crippen LogP contribution in [0.2, 0.25) is 0 Å². The molecule has 1 heterocycles. The van der Waals surface area contributed by atoms with Crippen LogP contribution >= 0.6 is 0 Å². The maximum Gasteiger partial charge on any atom is 0.296 e. The van der Waals surface area contributed by atoms with Gasteiger partial charge < -0.3 is 5.73 Å². The van der Waals surface area contributed by atoms with Crippen LogP contribution in [0.1, 0.15) is 0 Å². The fraction of sp³-hybridized carbons (Fsp3) is 0.100. The van der Waals surface area contributed by atoms with Gasteiger partial charge in [-0.25, -0.2) is 4.39 Å². The van der Waals surface area contributed by atoms with E-state index in [0.29, 0.717) is 0 Å². The van der Waals surface area contributed by atoms with Crippen molar-refractivity contribution in [2.45, 2.75) is 0 Å². The third-order valence-electron chi connectivity index (χ3n) is 2.16. The second kappa shape index (κ2) is 4.20. The molecule has 0 unspecified atom stereocenters. The first-order chi connectivity index (χ1) is 8.09. The van der Waals surface area contributed by atoms with Crippen LogP contribution in [0.4, 0.5) is 21.6 Å². The third-order valence-corrected chi connectivity index (χ3v) is 2.16. The number of H-pyrrole nitrogens is 1. The van der Waals surface area contributed by atoms with Gasteiger partial charge in [-0.2, -0.15) is 0 Å². The largest absolute Gasteiger partial charge is 0.382 e. The van der Waals surface area contributed by atoms with Gasteiger partial charge in [-0.3, -0.25) is 14.6 Å². The van der Waals surface area contributed by atoms with Gasteiger partial charge in [0.15, 0.2) is 11.5 Å². The number of halogens is 1. The molecule has 0 fully saturated rings. The van der Waals surface area contributed by atoms with Crippen LogP contribution in [0.15, 0.2) is 39.3 Å². The lowest BCUT2D eigenvalue weighted by Gasteiger charge is -1.92. The predicted molar refractivity (Wildman–Crippen MR) is 61.0 cm³/mol. The van der Waals surface area contributed by atoms with Crippen molar-refractivity contribution < 1.29 is 4.39 Å². The SMILES string of the molecule is Cn1[nH]c(N)c(N=Nc2ccccc2F)c1=O. The molecule has 2 aromatic rings. The van der Waals surface area contributed by atoms with Gasteiger partial charge in [-0.05, 0) is 12.1 Å². The summed E-state index contributed by atoms with van der Waals surface area (Å²) in [4.78, 5) is 11.5. The molecule has 0 saturated carbocycles. The highest BCUT2D eigenvalue weighted by Gasteiger charge is 2.08. The average Bonchev–Trinajstić information content (AvgIpc) is 2.53. The fourth-order valence-corrected chi connectivity index (χ4v) is 1.29. The van der Waals surface area contributed by atoms with Crippen LogP contribution in [-0.2, 0) is 7.05 Å². The number of nitrogens with one attached hydrogen (secondary N) is 1. The molecule has 17 heavy (non-hydrogen) atoms. The zero-order valence-corrected chi connectivity index (χ0v) is 9.01. The minimum atomic E-state index is -0.512. The summed E-state index contributed by atoms with van der Waals surface area (Å²) < 4.78 is 14.4. The Morgan fingerprint density at radius 2 is 2.06 bits per heavy atom. The van der Waals surface area contributed by atoms with E-state index in [2.05, 4.69) is 15.3 Å². The topological polar surface area (TPSA) is 88.5 Å². The molecule has 1 aromatic heterocycles. The molecule has 0 atom stereocenters. The highest BCUT2D eigenvalue weighted by Crippen LogP contribution is 2.21. The minimum Gasteiger partial charge on any atom is -0.382 e. The molecule has 0 radical (unpaired) electrons. The van der Waals surface area contributed by atoms with Gasteiger partial charge in [-0.15, -0.1) is 10.2 Å². The Labute approximate surface area is 95.6 Å². The van der Waals surface area contributed by atoms with Gasteiger partial charge in [0, 0.05) is 7.05 Å². The molecule has 6 nitrogen and oxygen atoms in total. The molecule has 0 aliphatic rings. The monoisotopic (exact) mass is 235 g/mol. The summed E-state index contributed by atoms with van der Waals surface area (Å²) >= 11 is 0. The Balaban J connectivity index is 2.39. The van der Waals surface area contributed by atoms with Gasteiger partial charge in [0.2, 0.25) is 0 Å². The number of hydrogen-bond donors (Lipinski definition) is 2. The van der Waals surface area contributed by atoms with Gasteiger partial charge in [-0.1, -0.05) is 12.1 Å².